The van der Waals surface area contributed by atoms with Crippen molar-refractivity contribution in [3.8, 4) is 11.1 Å². The second-order valence-corrected chi connectivity index (χ2v) is 8.52. The molecule has 29 heavy (non-hydrogen) atoms. The van der Waals surface area contributed by atoms with E-state index in [1.165, 1.54) is 16.9 Å². The van der Waals surface area contributed by atoms with Crippen molar-refractivity contribution in [2.45, 2.75) is 13.1 Å². The van der Waals surface area contributed by atoms with Crippen LogP contribution in [0, 0.1) is 0 Å². The summed E-state index contributed by atoms with van der Waals surface area (Å²) in [6.45, 7) is 6.06. The second kappa shape index (κ2) is 9.35. The van der Waals surface area contributed by atoms with E-state index in [4.69, 9.17) is 0 Å². The van der Waals surface area contributed by atoms with Crippen molar-refractivity contribution in [2.24, 2.45) is 0 Å². The number of hydrogen-bond donors (Lipinski definition) is 1. The first-order valence-electron chi connectivity index (χ1n) is 10.1. The maximum atomic E-state index is 12.7. The first-order chi connectivity index (χ1) is 14.2. The Labute approximate surface area is 176 Å². The van der Waals surface area contributed by atoms with Gasteiger partial charge in [-0.05, 0) is 35.2 Å². The third-order valence-corrected chi connectivity index (χ3v) is 6.35. The first kappa shape index (κ1) is 19.8. The zero-order chi connectivity index (χ0) is 20.1. The van der Waals surface area contributed by atoms with Crippen LogP contribution in [0.4, 0.5) is 0 Å². The molecule has 150 valence electrons. The van der Waals surface area contributed by atoms with Crippen LogP contribution in [0.5, 0.6) is 0 Å². The van der Waals surface area contributed by atoms with Crippen molar-refractivity contribution in [1.82, 2.24) is 15.1 Å². The Balaban J connectivity index is 1.33. The van der Waals surface area contributed by atoms with Crippen LogP contribution in [0.2, 0.25) is 0 Å². The van der Waals surface area contributed by atoms with Gasteiger partial charge in [-0.1, -0.05) is 54.6 Å². The molecule has 1 saturated heterocycles. The van der Waals surface area contributed by atoms with Gasteiger partial charge in [-0.2, -0.15) is 0 Å². The minimum absolute atomic E-state index is 0.0135. The fraction of sp³-hybridized carbons (Fsp3) is 0.292. The largest absolute Gasteiger partial charge is 0.347 e. The van der Waals surface area contributed by atoms with E-state index in [1.54, 1.807) is 0 Å². The van der Waals surface area contributed by atoms with E-state index >= 15 is 0 Å². The van der Waals surface area contributed by atoms with Crippen LogP contribution >= 0.6 is 11.3 Å². The highest BCUT2D eigenvalue weighted by Gasteiger charge is 2.15. The number of amides is 1. The molecule has 1 aliphatic rings. The second-order valence-electron chi connectivity index (χ2n) is 7.61. The van der Waals surface area contributed by atoms with Crippen LogP contribution in [0.3, 0.4) is 0 Å². The Morgan fingerprint density at radius 1 is 0.931 bits per heavy atom. The molecular weight excluding hydrogens is 378 g/mol. The van der Waals surface area contributed by atoms with Gasteiger partial charge in [-0.3, -0.25) is 9.69 Å². The van der Waals surface area contributed by atoms with Gasteiger partial charge >= 0.3 is 0 Å². The fourth-order valence-corrected chi connectivity index (χ4v) is 4.45. The summed E-state index contributed by atoms with van der Waals surface area (Å²) in [5, 5.41) is 5.05. The van der Waals surface area contributed by atoms with Gasteiger partial charge in [0.25, 0.3) is 5.91 Å². The predicted molar refractivity (Wildman–Crippen MR) is 120 cm³/mol. The van der Waals surface area contributed by atoms with E-state index in [2.05, 4.69) is 46.4 Å². The monoisotopic (exact) mass is 405 g/mol. The zero-order valence-corrected chi connectivity index (χ0v) is 17.6. The lowest BCUT2D eigenvalue weighted by Gasteiger charge is -2.32. The minimum atomic E-state index is -0.0135. The van der Waals surface area contributed by atoms with Gasteiger partial charge in [-0.25, -0.2) is 0 Å². The Morgan fingerprint density at radius 2 is 1.62 bits per heavy atom. The molecule has 1 fully saturated rings. The maximum Gasteiger partial charge on any atom is 0.262 e. The number of thiophene rings is 1. The average Bonchev–Trinajstić information content (AvgIpc) is 3.25. The van der Waals surface area contributed by atoms with Crippen molar-refractivity contribution >= 4 is 17.2 Å². The molecule has 1 amide bonds. The van der Waals surface area contributed by atoms with E-state index in [-0.39, 0.29) is 5.91 Å². The molecule has 2 aromatic carbocycles. The van der Waals surface area contributed by atoms with E-state index in [0.29, 0.717) is 6.54 Å². The number of piperazine rings is 1. The topological polar surface area (TPSA) is 35.6 Å². The molecule has 2 heterocycles. The Kier molecular flexibility index (Phi) is 6.39. The Morgan fingerprint density at radius 3 is 2.34 bits per heavy atom. The standard InChI is InChI=1S/C24H27N3OS/c1-26-12-14-27(15-13-26)18-20-9-7-19(8-10-20)17-25-24(28)23-22(11-16-29-23)21-5-3-2-4-6-21/h2-11,16H,12-15,17-18H2,1H3,(H,25,28). The SMILES string of the molecule is CN1CCN(Cc2ccc(CNC(=O)c3sccc3-c3ccccc3)cc2)CC1. The predicted octanol–water partition coefficient (Wildman–Crippen LogP) is 4.09. The van der Waals surface area contributed by atoms with E-state index in [1.807, 2.05) is 41.8 Å². The number of hydrogen-bond acceptors (Lipinski definition) is 4. The summed E-state index contributed by atoms with van der Waals surface area (Å²) in [5.74, 6) is -0.0135. The number of carbonyl (C=O) groups excluding carboxylic acids is 1. The first-order valence-corrected chi connectivity index (χ1v) is 11.0. The quantitative estimate of drug-likeness (QED) is 0.671. The van der Waals surface area contributed by atoms with E-state index < -0.39 is 0 Å². The van der Waals surface area contributed by atoms with Crippen LogP contribution in [0.1, 0.15) is 20.8 Å². The van der Waals surface area contributed by atoms with E-state index in [9.17, 15) is 4.79 Å². The lowest BCUT2D eigenvalue weighted by atomic mass is 10.1. The molecule has 5 heteroatoms. The molecule has 4 rings (SSSR count). The Bertz CT molecular complexity index is 928. The normalized spacial score (nSPS) is 15.3. The fourth-order valence-electron chi connectivity index (χ4n) is 3.62. The number of benzene rings is 2. The molecule has 0 unspecified atom stereocenters. The van der Waals surface area contributed by atoms with Crippen molar-refractivity contribution in [3.63, 3.8) is 0 Å². The summed E-state index contributed by atoms with van der Waals surface area (Å²) in [5.41, 5.74) is 4.52. The molecule has 0 aliphatic carbocycles. The number of carbonyl (C=O) groups is 1. The molecule has 4 nitrogen and oxygen atoms in total. The van der Waals surface area contributed by atoms with Crippen LogP contribution in [0.15, 0.2) is 66.0 Å². The molecule has 3 aromatic rings. The molecule has 1 aromatic heterocycles. The molecule has 0 radical (unpaired) electrons. The summed E-state index contributed by atoms with van der Waals surface area (Å²) < 4.78 is 0. The van der Waals surface area contributed by atoms with Gasteiger partial charge in [0.2, 0.25) is 0 Å². The molecule has 0 saturated carbocycles. The average molecular weight is 406 g/mol. The number of rotatable bonds is 6. The van der Waals surface area contributed by atoms with Crippen molar-refractivity contribution in [2.75, 3.05) is 33.2 Å². The highest BCUT2D eigenvalue weighted by atomic mass is 32.1. The van der Waals surface area contributed by atoms with Crippen LogP contribution < -0.4 is 5.32 Å². The zero-order valence-electron chi connectivity index (χ0n) is 16.8. The summed E-state index contributed by atoms with van der Waals surface area (Å²) >= 11 is 1.49. The highest BCUT2D eigenvalue weighted by Crippen LogP contribution is 2.28. The lowest BCUT2D eigenvalue weighted by Crippen LogP contribution is -2.43. The highest BCUT2D eigenvalue weighted by molar-refractivity contribution is 7.12. The van der Waals surface area contributed by atoms with Crippen LogP contribution in [-0.4, -0.2) is 48.9 Å². The number of nitrogens with one attached hydrogen (secondary N) is 1. The molecule has 0 bridgehead atoms. The van der Waals surface area contributed by atoms with Gasteiger partial charge in [0.1, 0.15) is 0 Å². The van der Waals surface area contributed by atoms with Gasteiger partial charge < -0.3 is 10.2 Å². The van der Waals surface area contributed by atoms with Gasteiger partial charge in [-0.15, -0.1) is 11.3 Å². The maximum absolute atomic E-state index is 12.7. The molecule has 1 aliphatic heterocycles. The third kappa shape index (κ3) is 5.12. The van der Waals surface area contributed by atoms with E-state index in [0.717, 1.165) is 54.3 Å². The number of likely N-dealkylation sites (N-methyl/N-ethyl adjacent to an activating group) is 1. The summed E-state index contributed by atoms with van der Waals surface area (Å²) in [6, 6.07) is 20.7. The smallest absolute Gasteiger partial charge is 0.262 e. The third-order valence-electron chi connectivity index (χ3n) is 5.43. The van der Waals surface area contributed by atoms with Crippen molar-refractivity contribution in [3.05, 3.63) is 82.0 Å². The van der Waals surface area contributed by atoms with Crippen molar-refractivity contribution in [1.29, 1.82) is 0 Å². The summed E-state index contributed by atoms with van der Waals surface area (Å²) in [4.78, 5) is 18.4. The molecule has 0 atom stereocenters. The lowest BCUT2D eigenvalue weighted by molar-refractivity contribution is 0.0955. The molecule has 1 N–H and O–H groups in total. The van der Waals surface area contributed by atoms with Gasteiger partial charge in [0, 0.05) is 44.8 Å². The van der Waals surface area contributed by atoms with Crippen LogP contribution in [0.25, 0.3) is 11.1 Å². The summed E-state index contributed by atoms with van der Waals surface area (Å²) in [7, 11) is 2.18. The van der Waals surface area contributed by atoms with Gasteiger partial charge in [0.05, 0.1) is 4.88 Å². The summed E-state index contributed by atoms with van der Waals surface area (Å²) in [6.07, 6.45) is 0. The van der Waals surface area contributed by atoms with Gasteiger partial charge in [0.15, 0.2) is 0 Å². The molecule has 0 spiro atoms. The van der Waals surface area contributed by atoms with Crippen LogP contribution in [-0.2, 0) is 13.1 Å². The number of nitrogens with zero attached hydrogens (tertiary/aromatic N) is 2. The Hall–Kier alpha value is -2.47. The molecular formula is C24H27N3OS. The minimum Gasteiger partial charge on any atom is -0.347 e. The van der Waals surface area contributed by atoms with Crippen molar-refractivity contribution < 1.29 is 4.79 Å².